The first-order chi connectivity index (χ1) is 17.6. The zero-order valence-corrected chi connectivity index (χ0v) is 20.6. The van der Waals surface area contributed by atoms with Gasteiger partial charge in [0.15, 0.2) is 11.9 Å². The number of amides is 1. The minimum Gasteiger partial charge on any atom is -0.494 e. The fourth-order valence-corrected chi connectivity index (χ4v) is 4.45. The molecule has 1 amide bonds. The van der Waals surface area contributed by atoms with Crippen molar-refractivity contribution in [2.75, 3.05) is 37.7 Å². The fraction of sp³-hybridized carbons (Fsp3) is 0.276. The molecule has 0 N–H and O–H groups in total. The molecule has 1 aliphatic heterocycles. The monoisotopic (exact) mass is 482 g/mol. The van der Waals surface area contributed by atoms with Gasteiger partial charge in [-0.05, 0) is 67.1 Å². The Morgan fingerprint density at radius 3 is 2.28 bits per heavy atom. The van der Waals surface area contributed by atoms with Crippen LogP contribution < -0.4 is 14.4 Å². The average Bonchev–Trinajstić information content (AvgIpc) is 2.94. The third-order valence-corrected chi connectivity index (χ3v) is 6.41. The Bertz CT molecular complexity index is 1320. The van der Waals surface area contributed by atoms with Gasteiger partial charge in [0.05, 0.1) is 12.3 Å². The van der Waals surface area contributed by atoms with E-state index in [1.165, 1.54) is 10.8 Å². The van der Waals surface area contributed by atoms with Gasteiger partial charge in [0.1, 0.15) is 11.5 Å². The number of hydrogen-bond acceptors (Lipinski definition) is 6. The summed E-state index contributed by atoms with van der Waals surface area (Å²) in [6.45, 7) is 6.98. The molecule has 184 valence electrons. The number of carbonyl (C=O) groups excluding carboxylic acids is 1. The zero-order chi connectivity index (χ0) is 24.9. The third kappa shape index (κ3) is 5.25. The Morgan fingerprint density at radius 1 is 0.861 bits per heavy atom. The summed E-state index contributed by atoms with van der Waals surface area (Å²) in [5, 5.41) is 11.3. The molecule has 0 radical (unpaired) electrons. The largest absolute Gasteiger partial charge is 0.494 e. The predicted molar refractivity (Wildman–Crippen MR) is 141 cm³/mol. The first-order valence-corrected chi connectivity index (χ1v) is 12.4. The highest BCUT2D eigenvalue weighted by atomic mass is 16.5. The van der Waals surface area contributed by atoms with Crippen molar-refractivity contribution < 1.29 is 14.3 Å². The summed E-state index contributed by atoms with van der Waals surface area (Å²) in [5.74, 6) is 2.25. The maximum Gasteiger partial charge on any atom is 0.263 e. The van der Waals surface area contributed by atoms with E-state index in [2.05, 4.69) is 45.4 Å². The lowest BCUT2D eigenvalue weighted by Gasteiger charge is -2.36. The lowest BCUT2D eigenvalue weighted by atomic mass is 10.1. The van der Waals surface area contributed by atoms with Gasteiger partial charge in [-0.25, -0.2) is 0 Å². The second-order valence-electron chi connectivity index (χ2n) is 8.82. The van der Waals surface area contributed by atoms with E-state index in [9.17, 15) is 4.79 Å². The van der Waals surface area contributed by atoms with Crippen molar-refractivity contribution in [2.24, 2.45) is 0 Å². The first kappa shape index (κ1) is 23.6. The van der Waals surface area contributed by atoms with Crippen LogP contribution in [0.4, 0.5) is 5.82 Å². The second kappa shape index (κ2) is 10.6. The first-order valence-electron chi connectivity index (χ1n) is 12.4. The molecule has 7 nitrogen and oxygen atoms in total. The molecule has 1 fully saturated rings. The molecule has 4 aromatic rings. The van der Waals surface area contributed by atoms with Crippen LogP contribution >= 0.6 is 0 Å². The van der Waals surface area contributed by atoms with E-state index in [-0.39, 0.29) is 5.91 Å². The van der Waals surface area contributed by atoms with Crippen molar-refractivity contribution in [2.45, 2.75) is 20.0 Å². The molecular weight excluding hydrogens is 452 g/mol. The van der Waals surface area contributed by atoms with E-state index >= 15 is 0 Å². The number of hydrogen-bond donors (Lipinski definition) is 0. The van der Waals surface area contributed by atoms with Crippen molar-refractivity contribution in [1.82, 2.24) is 15.1 Å². The number of fused-ring (bicyclic) bond motifs is 1. The zero-order valence-electron chi connectivity index (χ0n) is 20.6. The van der Waals surface area contributed by atoms with Crippen LogP contribution in [0.2, 0.25) is 0 Å². The van der Waals surface area contributed by atoms with E-state index in [1.807, 2.05) is 60.4 Å². The van der Waals surface area contributed by atoms with Gasteiger partial charge in [0, 0.05) is 31.7 Å². The maximum atomic E-state index is 12.9. The number of nitrogens with zero attached hydrogens (tertiary/aromatic N) is 4. The highest BCUT2D eigenvalue weighted by Gasteiger charge is 2.26. The van der Waals surface area contributed by atoms with Crippen LogP contribution in [0, 0.1) is 0 Å². The average molecular weight is 483 g/mol. The Balaban J connectivity index is 1.16. The predicted octanol–water partition coefficient (Wildman–Crippen LogP) is 4.81. The molecule has 0 bridgehead atoms. The molecule has 3 aromatic carbocycles. The number of carbonyl (C=O) groups is 1. The van der Waals surface area contributed by atoms with Crippen molar-refractivity contribution in [1.29, 1.82) is 0 Å². The number of benzene rings is 3. The highest BCUT2D eigenvalue weighted by Crippen LogP contribution is 2.24. The lowest BCUT2D eigenvalue weighted by Crippen LogP contribution is -2.52. The summed E-state index contributed by atoms with van der Waals surface area (Å²) < 4.78 is 11.3. The van der Waals surface area contributed by atoms with Crippen LogP contribution in [0.1, 0.15) is 13.8 Å². The van der Waals surface area contributed by atoms with E-state index < -0.39 is 6.10 Å². The van der Waals surface area contributed by atoms with Crippen LogP contribution in [-0.2, 0) is 4.79 Å². The van der Waals surface area contributed by atoms with Gasteiger partial charge in [-0.1, -0.05) is 36.4 Å². The molecule has 1 aromatic heterocycles. The molecule has 1 unspecified atom stereocenters. The van der Waals surface area contributed by atoms with E-state index in [1.54, 1.807) is 6.92 Å². The van der Waals surface area contributed by atoms with Gasteiger partial charge in [-0.15, -0.1) is 10.2 Å². The summed E-state index contributed by atoms with van der Waals surface area (Å²) in [5.41, 5.74) is 1.89. The van der Waals surface area contributed by atoms with Crippen LogP contribution in [0.5, 0.6) is 11.5 Å². The fourth-order valence-electron chi connectivity index (χ4n) is 4.45. The summed E-state index contributed by atoms with van der Waals surface area (Å²) in [6, 6.07) is 26.0. The number of piperazine rings is 1. The number of rotatable bonds is 7. The van der Waals surface area contributed by atoms with Gasteiger partial charge < -0.3 is 19.3 Å². The van der Waals surface area contributed by atoms with Crippen molar-refractivity contribution in [3.05, 3.63) is 78.9 Å². The Morgan fingerprint density at radius 2 is 1.58 bits per heavy atom. The molecule has 0 aliphatic carbocycles. The van der Waals surface area contributed by atoms with E-state index in [0.717, 1.165) is 22.8 Å². The second-order valence-corrected chi connectivity index (χ2v) is 8.82. The topological polar surface area (TPSA) is 67.8 Å². The smallest absolute Gasteiger partial charge is 0.263 e. The molecular formula is C29H30N4O3. The van der Waals surface area contributed by atoms with Gasteiger partial charge >= 0.3 is 0 Å². The van der Waals surface area contributed by atoms with Crippen molar-refractivity contribution in [3.8, 4) is 22.8 Å². The lowest BCUT2D eigenvalue weighted by molar-refractivity contribution is -0.138. The summed E-state index contributed by atoms with van der Waals surface area (Å²) in [7, 11) is 0. The summed E-state index contributed by atoms with van der Waals surface area (Å²) in [6.07, 6.45) is -0.560. The number of aromatic nitrogens is 2. The van der Waals surface area contributed by atoms with Crippen molar-refractivity contribution in [3.63, 3.8) is 0 Å². The molecule has 1 atom stereocenters. The quantitative estimate of drug-likeness (QED) is 0.377. The minimum absolute atomic E-state index is 0.0127. The molecule has 36 heavy (non-hydrogen) atoms. The van der Waals surface area contributed by atoms with Crippen molar-refractivity contribution >= 4 is 22.5 Å². The standard InChI is InChI=1S/C29H30N4O3/c1-3-35-25-10-12-26(13-11-25)36-21(2)29(34)33-18-16-32(17-19-33)28-15-14-27(30-31-28)24-9-8-22-6-4-5-7-23(22)20-24/h4-15,20-21H,3,16-19H2,1-2H3. The normalized spacial score (nSPS) is 14.5. The Kier molecular flexibility index (Phi) is 6.98. The van der Waals surface area contributed by atoms with Gasteiger partial charge in [-0.3, -0.25) is 4.79 Å². The summed E-state index contributed by atoms with van der Waals surface area (Å²) in [4.78, 5) is 17.0. The molecule has 7 heteroatoms. The SMILES string of the molecule is CCOc1ccc(OC(C)C(=O)N2CCN(c3ccc(-c4ccc5ccccc5c4)nn3)CC2)cc1. The van der Waals surface area contributed by atoms with Gasteiger partial charge in [0.2, 0.25) is 0 Å². The highest BCUT2D eigenvalue weighted by molar-refractivity contribution is 5.86. The molecule has 1 aliphatic rings. The van der Waals surface area contributed by atoms with E-state index in [0.29, 0.717) is 38.5 Å². The van der Waals surface area contributed by atoms with Gasteiger partial charge in [-0.2, -0.15) is 0 Å². The van der Waals surface area contributed by atoms with Crippen LogP contribution in [0.15, 0.2) is 78.9 Å². The molecule has 1 saturated heterocycles. The summed E-state index contributed by atoms with van der Waals surface area (Å²) >= 11 is 0. The number of ether oxygens (including phenoxy) is 2. The molecule has 0 saturated carbocycles. The Hall–Kier alpha value is -4.13. The maximum absolute atomic E-state index is 12.9. The van der Waals surface area contributed by atoms with E-state index in [4.69, 9.17) is 9.47 Å². The third-order valence-electron chi connectivity index (χ3n) is 6.41. The molecule has 0 spiro atoms. The number of anilines is 1. The molecule has 5 rings (SSSR count). The van der Waals surface area contributed by atoms with Crippen LogP contribution in [0.25, 0.3) is 22.0 Å². The van der Waals surface area contributed by atoms with Crippen LogP contribution in [0.3, 0.4) is 0 Å². The van der Waals surface area contributed by atoms with Crippen LogP contribution in [-0.4, -0.2) is 59.9 Å². The minimum atomic E-state index is -0.560. The van der Waals surface area contributed by atoms with Gasteiger partial charge in [0.25, 0.3) is 5.91 Å². The molecule has 2 heterocycles. The Labute approximate surface area is 211 Å².